The predicted molar refractivity (Wildman–Crippen MR) is 137 cm³/mol. The minimum absolute atomic E-state index is 0.0502. The molecule has 2 aromatic heterocycles. The van der Waals surface area contributed by atoms with Crippen LogP contribution in [0.25, 0.3) is 22.4 Å². The lowest BCUT2D eigenvalue weighted by atomic mass is 10.1. The Labute approximate surface area is 214 Å². The third-order valence-electron chi connectivity index (χ3n) is 7.49. The van der Waals surface area contributed by atoms with Crippen molar-refractivity contribution in [1.82, 2.24) is 30.0 Å². The van der Waals surface area contributed by atoms with Crippen LogP contribution in [0, 0.1) is 13.8 Å². The van der Waals surface area contributed by atoms with Gasteiger partial charge >= 0.3 is 0 Å². The van der Waals surface area contributed by atoms with Crippen molar-refractivity contribution in [3.05, 3.63) is 53.4 Å². The van der Waals surface area contributed by atoms with E-state index < -0.39 is 0 Å². The van der Waals surface area contributed by atoms with E-state index in [4.69, 9.17) is 4.52 Å². The van der Waals surface area contributed by atoms with Crippen molar-refractivity contribution in [2.45, 2.75) is 52.0 Å². The average Bonchev–Trinajstić information content (AvgIpc) is 3.70. The number of amides is 2. The fourth-order valence-corrected chi connectivity index (χ4v) is 5.14. The van der Waals surface area contributed by atoms with Gasteiger partial charge in [-0.15, -0.1) is 5.10 Å². The Kier molecular flexibility index (Phi) is 5.94. The number of aryl methyl sites for hydroxylation is 3. The lowest BCUT2D eigenvalue weighted by Crippen LogP contribution is -2.28. The van der Waals surface area contributed by atoms with Crippen molar-refractivity contribution >= 4 is 28.5 Å². The minimum atomic E-state index is -0.159. The molecule has 2 aliphatic heterocycles. The number of aromatic nitrogens is 5. The number of likely N-dealkylation sites (tertiary alicyclic amines) is 1. The van der Waals surface area contributed by atoms with Gasteiger partial charge in [0.15, 0.2) is 0 Å². The molecule has 1 unspecified atom stereocenters. The van der Waals surface area contributed by atoms with Gasteiger partial charge in [0.2, 0.25) is 23.5 Å². The molecular weight excluding hydrogens is 470 g/mol. The van der Waals surface area contributed by atoms with E-state index in [0.717, 1.165) is 48.3 Å². The number of carbonyl (C=O) groups is 2. The molecule has 2 amide bonds. The summed E-state index contributed by atoms with van der Waals surface area (Å²) in [6, 6.07) is 11.7. The maximum absolute atomic E-state index is 12.7. The molecule has 10 nitrogen and oxygen atoms in total. The molecular formula is C27H29N7O3. The fraction of sp³-hybridized carbons (Fsp3) is 0.407. The number of carbonyl (C=O) groups excluding carboxylic acids is 2. The van der Waals surface area contributed by atoms with Crippen LogP contribution in [-0.2, 0) is 16.1 Å². The molecule has 0 radical (unpaired) electrons. The maximum Gasteiger partial charge on any atom is 0.232 e. The first-order chi connectivity index (χ1) is 18.0. The fourth-order valence-electron chi connectivity index (χ4n) is 5.14. The Morgan fingerprint density at radius 2 is 1.92 bits per heavy atom. The maximum atomic E-state index is 12.7. The first kappa shape index (κ1) is 23.3. The summed E-state index contributed by atoms with van der Waals surface area (Å²) in [4.78, 5) is 33.5. The lowest BCUT2D eigenvalue weighted by Gasteiger charge is -2.17. The first-order valence-electron chi connectivity index (χ1n) is 12.8. The molecule has 4 heterocycles. The Balaban J connectivity index is 1.15. The van der Waals surface area contributed by atoms with Gasteiger partial charge in [-0.25, -0.2) is 4.68 Å². The smallest absolute Gasteiger partial charge is 0.232 e. The number of benzene rings is 2. The van der Waals surface area contributed by atoms with Crippen molar-refractivity contribution in [3.8, 4) is 11.4 Å². The largest absolute Gasteiger partial charge is 0.343 e. The normalized spacial score (nSPS) is 17.9. The molecule has 0 saturated carbocycles. The van der Waals surface area contributed by atoms with Crippen LogP contribution >= 0.6 is 0 Å². The van der Waals surface area contributed by atoms with Crippen LogP contribution in [0.1, 0.15) is 48.6 Å². The van der Waals surface area contributed by atoms with E-state index in [1.807, 2.05) is 48.2 Å². The van der Waals surface area contributed by atoms with Crippen molar-refractivity contribution < 1.29 is 14.1 Å². The van der Waals surface area contributed by atoms with Crippen molar-refractivity contribution in [1.29, 1.82) is 0 Å². The molecule has 4 aromatic rings. The predicted octanol–water partition coefficient (Wildman–Crippen LogP) is 3.63. The van der Waals surface area contributed by atoms with Gasteiger partial charge in [-0.3, -0.25) is 9.59 Å². The van der Waals surface area contributed by atoms with Gasteiger partial charge in [0, 0.05) is 43.7 Å². The average molecular weight is 500 g/mol. The molecule has 2 fully saturated rings. The molecule has 0 bridgehead atoms. The number of anilines is 1. The summed E-state index contributed by atoms with van der Waals surface area (Å²) in [5.74, 6) is 0.965. The van der Waals surface area contributed by atoms with Gasteiger partial charge in [0.25, 0.3) is 0 Å². The van der Waals surface area contributed by atoms with E-state index in [1.165, 1.54) is 5.56 Å². The Bertz CT molecular complexity index is 1480. The molecule has 2 aromatic carbocycles. The van der Waals surface area contributed by atoms with E-state index in [-0.39, 0.29) is 17.7 Å². The number of hydrogen-bond donors (Lipinski definition) is 0. The first-order valence-corrected chi connectivity index (χ1v) is 12.8. The van der Waals surface area contributed by atoms with E-state index in [0.29, 0.717) is 43.2 Å². The quantitative estimate of drug-likeness (QED) is 0.398. The standard InChI is InChI=1S/C27H29N7O3/c1-17-5-7-21(13-18(17)2)33-16-20(15-25(33)36)27-28-26(30-37-27)19-6-8-23-22(14-19)29-31-34(23)12-9-24(35)32-10-3-4-11-32/h5-8,13-14,20H,3-4,9-12,15-16H2,1-2H3. The molecule has 0 spiro atoms. The Hall–Kier alpha value is -4.08. The van der Waals surface area contributed by atoms with E-state index in [1.54, 1.807) is 9.58 Å². The molecule has 190 valence electrons. The highest BCUT2D eigenvalue weighted by atomic mass is 16.5. The number of nitrogens with zero attached hydrogens (tertiary/aromatic N) is 7. The second-order valence-electron chi connectivity index (χ2n) is 9.98. The van der Waals surface area contributed by atoms with E-state index in [9.17, 15) is 9.59 Å². The van der Waals surface area contributed by atoms with Crippen molar-refractivity contribution in [3.63, 3.8) is 0 Å². The molecule has 1 atom stereocenters. The molecule has 0 N–H and O–H groups in total. The zero-order valence-electron chi connectivity index (χ0n) is 21.1. The van der Waals surface area contributed by atoms with Crippen LogP contribution in [0.2, 0.25) is 0 Å². The minimum Gasteiger partial charge on any atom is -0.343 e. The zero-order chi connectivity index (χ0) is 25.5. The SMILES string of the molecule is Cc1ccc(N2CC(c3nc(-c4ccc5c(c4)nnn5CCC(=O)N4CCCC4)no3)CC2=O)cc1C. The summed E-state index contributed by atoms with van der Waals surface area (Å²) in [5, 5.41) is 12.7. The molecule has 10 heteroatoms. The van der Waals surface area contributed by atoms with Crippen LogP contribution in [0.15, 0.2) is 40.9 Å². The summed E-state index contributed by atoms with van der Waals surface area (Å²) in [5.41, 5.74) is 5.56. The Morgan fingerprint density at radius 3 is 2.73 bits per heavy atom. The van der Waals surface area contributed by atoms with Crippen LogP contribution in [0.4, 0.5) is 5.69 Å². The summed E-state index contributed by atoms with van der Waals surface area (Å²) in [6.45, 7) is 6.81. The number of rotatable bonds is 6. The molecule has 6 rings (SSSR count). The highest BCUT2D eigenvalue weighted by Gasteiger charge is 2.35. The van der Waals surface area contributed by atoms with Crippen molar-refractivity contribution in [2.24, 2.45) is 0 Å². The highest BCUT2D eigenvalue weighted by Crippen LogP contribution is 2.33. The van der Waals surface area contributed by atoms with E-state index >= 15 is 0 Å². The second kappa shape index (κ2) is 9.42. The lowest BCUT2D eigenvalue weighted by molar-refractivity contribution is -0.130. The van der Waals surface area contributed by atoms with Crippen LogP contribution in [0.5, 0.6) is 0 Å². The van der Waals surface area contributed by atoms with Crippen LogP contribution in [-0.4, -0.2) is 61.5 Å². The van der Waals surface area contributed by atoms with Gasteiger partial charge in [0.05, 0.1) is 18.0 Å². The summed E-state index contributed by atoms with van der Waals surface area (Å²) in [6.07, 6.45) is 2.91. The third kappa shape index (κ3) is 4.47. The highest BCUT2D eigenvalue weighted by molar-refractivity contribution is 5.96. The summed E-state index contributed by atoms with van der Waals surface area (Å²) >= 11 is 0. The number of hydrogen-bond acceptors (Lipinski definition) is 7. The number of fused-ring (bicyclic) bond motifs is 1. The van der Waals surface area contributed by atoms with Gasteiger partial charge < -0.3 is 14.3 Å². The van der Waals surface area contributed by atoms with Crippen molar-refractivity contribution in [2.75, 3.05) is 24.5 Å². The van der Waals surface area contributed by atoms with E-state index in [2.05, 4.69) is 27.4 Å². The second-order valence-corrected chi connectivity index (χ2v) is 9.98. The molecule has 37 heavy (non-hydrogen) atoms. The zero-order valence-corrected chi connectivity index (χ0v) is 21.1. The summed E-state index contributed by atoms with van der Waals surface area (Å²) < 4.78 is 7.35. The van der Waals surface area contributed by atoms with Gasteiger partial charge in [-0.05, 0) is 68.1 Å². The summed E-state index contributed by atoms with van der Waals surface area (Å²) in [7, 11) is 0. The van der Waals surface area contributed by atoms with Gasteiger partial charge in [-0.1, -0.05) is 16.4 Å². The molecule has 0 aliphatic carbocycles. The Morgan fingerprint density at radius 1 is 1.08 bits per heavy atom. The monoisotopic (exact) mass is 499 g/mol. The van der Waals surface area contributed by atoms with Gasteiger partial charge in [0.1, 0.15) is 5.52 Å². The van der Waals surface area contributed by atoms with Gasteiger partial charge in [-0.2, -0.15) is 4.98 Å². The molecule has 2 saturated heterocycles. The molecule has 2 aliphatic rings. The topological polar surface area (TPSA) is 110 Å². The van der Waals surface area contributed by atoms with Crippen LogP contribution < -0.4 is 4.90 Å². The third-order valence-corrected chi connectivity index (χ3v) is 7.49. The van der Waals surface area contributed by atoms with Crippen LogP contribution in [0.3, 0.4) is 0 Å².